The van der Waals surface area contributed by atoms with Gasteiger partial charge in [0.25, 0.3) is 0 Å². The predicted molar refractivity (Wildman–Crippen MR) is 64.2 cm³/mol. The summed E-state index contributed by atoms with van der Waals surface area (Å²) in [5.74, 6) is 0.866. The number of rotatable bonds is 6. The molecule has 1 unspecified atom stereocenters. The summed E-state index contributed by atoms with van der Waals surface area (Å²) in [4.78, 5) is 2.42. The van der Waals surface area contributed by atoms with Gasteiger partial charge in [-0.05, 0) is 59.3 Å². The summed E-state index contributed by atoms with van der Waals surface area (Å²) in [7, 11) is 2.21. The summed E-state index contributed by atoms with van der Waals surface area (Å²) in [6.45, 7) is 9.57. The van der Waals surface area contributed by atoms with Gasteiger partial charge in [-0.2, -0.15) is 0 Å². The van der Waals surface area contributed by atoms with E-state index >= 15 is 0 Å². The third-order valence-electron chi connectivity index (χ3n) is 3.17. The topological polar surface area (TPSA) is 24.5 Å². The average Bonchev–Trinajstić information content (AvgIpc) is 2.25. The molecule has 0 aliphatic carbocycles. The highest BCUT2D eigenvalue weighted by Crippen LogP contribution is 2.14. The van der Waals surface area contributed by atoms with Gasteiger partial charge in [-0.25, -0.2) is 0 Å². The Hall–Kier alpha value is -0.120. The van der Waals surface area contributed by atoms with E-state index in [4.69, 9.17) is 4.74 Å². The van der Waals surface area contributed by atoms with Gasteiger partial charge in [-0.15, -0.1) is 0 Å². The van der Waals surface area contributed by atoms with E-state index in [0.717, 1.165) is 25.7 Å². The zero-order valence-corrected chi connectivity index (χ0v) is 10.5. The Labute approximate surface area is 94.2 Å². The first kappa shape index (κ1) is 12.9. The van der Waals surface area contributed by atoms with Crippen LogP contribution < -0.4 is 5.32 Å². The number of piperidine rings is 1. The fourth-order valence-corrected chi connectivity index (χ4v) is 1.99. The van der Waals surface area contributed by atoms with Crippen molar-refractivity contribution in [2.45, 2.75) is 32.7 Å². The molecule has 1 saturated heterocycles. The molecule has 3 nitrogen and oxygen atoms in total. The first-order valence-electron chi connectivity index (χ1n) is 6.22. The zero-order valence-electron chi connectivity index (χ0n) is 10.5. The molecule has 1 aliphatic rings. The molecular weight excluding hydrogens is 188 g/mol. The quantitative estimate of drug-likeness (QED) is 0.722. The minimum atomic E-state index is 0.490. The molecule has 0 radical (unpaired) electrons. The number of likely N-dealkylation sites (tertiary alicyclic amines) is 1. The Bertz CT molecular complexity index is 156. The Kier molecular flexibility index (Phi) is 6.22. The molecule has 0 aromatic rings. The molecule has 1 N–H and O–H groups in total. The summed E-state index contributed by atoms with van der Waals surface area (Å²) >= 11 is 0. The highest BCUT2D eigenvalue weighted by molar-refractivity contribution is 4.73. The standard InChI is InChI=1S/C12H26N2O/c1-4-15-10-11(2)13-9-12-5-7-14(3)8-6-12/h11-13H,4-10H2,1-3H3. The molecule has 0 amide bonds. The van der Waals surface area contributed by atoms with Crippen LogP contribution in [0.4, 0.5) is 0 Å². The van der Waals surface area contributed by atoms with Crippen molar-refractivity contribution in [1.29, 1.82) is 0 Å². The van der Waals surface area contributed by atoms with E-state index in [1.165, 1.54) is 25.9 Å². The van der Waals surface area contributed by atoms with E-state index in [2.05, 4.69) is 24.2 Å². The Morgan fingerprint density at radius 2 is 2.07 bits per heavy atom. The summed E-state index contributed by atoms with van der Waals surface area (Å²) in [5.41, 5.74) is 0. The van der Waals surface area contributed by atoms with Gasteiger partial charge in [0.15, 0.2) is 0 Å². The predicted octanol–water partition coefficient (Wildman–Crippen LogP) is 1.34. The first-order valence-corrected chi connectivity index (χ1v) is 6.22. The maximum atomic E-state index is 5.38. The number of ether oxygens (including phenoxy) is 1. The Morgan fingerprint density at radius 3 is 2.67 bits per heavy atom. The van der Waals surface area contributed by atoms with Crippen molar-refractivity contribution in [3.05, 3.63) is 0 Å². The molecule has 0 spiro atoms. The van der Waals surface area contributed by atoms with Crippen molar-refractivity contribution in [2.24, 2.45) is 5.92 Å². The second-order valence-electron chi connectivity index (χ2n) is 4.72. The lowest BCUT2D eigenvalue weighted by Gasteiger charge is -2.29. The van der Waals surface area contributed by atoms with Gasteiger partial charge in [0.1, 0.15) is 0 Å². The molecule has 90 valence electrons. The van der Waals surface area contributed by atoms with Crippen LogP contribution in [0.5, 0.6) is 0 Å². The van der Waals surface area contributed by atoms with Crippen molar-refractivity contribution < 1.29 is 4.74 Å². The molecule has 3 heteroatoms. The Balaban J connectivity index is 2.04. The maximum absolute atomic E-state index is 5.38. The van der Waals surface area contributed by atoms with Gasteiger partial charge in [0.2, 0.25) is 0 Å². The molecule has 1 heterocycles. The number of nitrogens with zero attached hydrogens (tertiary/aromatic N) is 1. The first-order chi connectivity index (χ1) is 7.22. The van der Waals surface area contributed by atoms with Crippen LogP contribution in [-0.2, 0) is 4.74 Å². The fourth-order valence-electron chi connectivity index (χ4n) is 1.99. The lowest BCUT2D eigenvalue weighted by Crippen LogP contribution is -2.39. The number of hydrogen-bond donors (Lipinski definition) is 1. The largest absolute Gasteiger partial charge is 0.380 e. The Morgan fingerprint density at radius 1 is 1.40 bits per heavy atom. The van der Waals surface area contributed by atoms with Crippen molar-refractivity contribution in [1.82, 2.24) is 10.2 Å². The smallest absolute Gasteiger partial charge is 0.0616 e. The lowest BCUT2D eigenvalue weighted by molar-refractivity contribution is 0.123. The van der Waals surface area contributed by atoms with Gasteiger partial charge in [-0.1, -0.05) is 0 Å². The highest BCUT2D eigenvalue weighted by atomic mass is 16.5. The van der Waals surface area contributed by atoms with E-state index in [1.54, 1.807) is 0 Å². The zero-order chi connectivity index (χ0) is 11.1. The summed E-state index contributed by atoms with van der Waals surface area (Å²) < 4.78 is 5.38. The molecular formula is C12H26N2O. The molecule has 0 bridgehead atoms. The molecule has 15 heavy (non-hydrogen) atoms. The number of hydrogen-bond acceptors (Lipinski definition) is 3. The molecule has 1 atom stereocenters. The molecule has 1 rings (SSSR count). The van der Waals surface area contributed by atoms with Crippen molar-refractivity contribution in [2.75, 3.05) is 39.9 Å². The fraction of sp³-hybridized carbons (Fsp3) is 1.00. The van der Waals surface area contributed by atoms with E-state index < -0.39 is 0 Å². The van der Waals surface area contributed by atoms with Crippen LogP contribution in [0.1, 0.15) is 26.7 Å². The van der Waals surface area contributed by atoms with Crippen LogP contribution in [0.3, 0.4) is 0 Å². The van der Waals surface area contributed by atoms with Crippen molar-refractivity contribution in [3.8, 4) is 0 Å². The summed E-state index contributed by atoms with van der Waals surface area (Å²) in [5, 5.41) is 3.56. The van der Waals surface area contributed by atoms with Crippen molar-refractivity contribution >= 4 is 0 Å². The molecule has 0 aromatic carbocycles. The second kappa shape index (κ2) is 7.20. The maximum Gasteiger partial charge on any atom is 0.0616 e. The van der Waals surface area contributed by atoms with Crippen LogP contribution >= 0.6 is 0 Å². The summed E-state index contributed by atoms with van der Waals surface area (Å²) in [6, 6.07) is 0.490. The van der Waals surface area contributed by atoms with Crippen molar-refractivity contribution in [3.63, 3.8) is 0 Å². The molecule has 0 aromatic heterocycles. The highest BCUT2D eigenvalue weighted by Gasteiger charge is 2.16. The second-order valence-corrected chi connectivity index (χ2v) is 4.72. The third-order valence-corrected chi connectivity index (χ3v) is 3.17. The minimum absolute atomic E-state index is 0.490. The van der Waals surface area contributed by atoms with Crippen LogP contribution in [0.2, 0.25) is 0 Å². The van der Waals surface area contributed by atoms with Gasteiger partial charge in [0.05, 0.1) is 6.61 Å². The van der Waals surface area contributed by atoms with Crippen LogP contribution in [-0.4, -0.2) is 50.8 Å². The van der Waals surface area contributed by atoms with E-state index in [0.29, 0.717) is 6.04 Å². The monoisotopic (exact) mass is 214 g/mol. The lowest BCUT2D eigenvalue weighted by atomic mass is 9.97. The van der Waals surface area contributed by atoms with Gasteiger partial charge >= 0.3 is 0 Å². The molecule has 1 fully saturated rings. The van der Waals surface area contributed by atoms with E-state index in [-0.39, 0.29) is 0 Å². The normalized spacial score (nSPS) is 21.8. The molecule has 1 aliphatic heterocycles. The van der Waals surface area contributed by atoms with E-state index in [1.807, 2.05) is 6.92 Å². The van der Waals surface area contributed by atoms with Crippen LogP contribution in [0.15, 0.2) is 0 Å². The van der Waals surface area contributed by atoms with Crippen LogP contribution in [0, 0.1) is 5.92 Å². The average molecular weight is 214 g/mol. The summed E-state index contributed by atoms with van der Waals surface area (Å²) in [6.07, 6.45) is 2.68. The van der Waals surface area contributed by atoms with E-state index in [9.17, 15) is 0 Å². The number of nitrogens with one attached hydrogen (secondary N) is 1. The third kappa shape index (κ3) is 5.50. The van der Waals surface area contributed by atoms with Gasteiger partial charge in [0, 0.05) is 12.6 Å². The van der Waals surface area contributed by atoms with Gasteiger partial charge < -0.3 is 15.0 Å². The minimum Gasteiger partial charge on any atom is -0.380 e. The molecule has 0 saturated carbocycles. The van der Waals surface area contributed by atoms with Gasteiger partial charge in [-0.3, -0.25) is 0 Å². The van der Waals surface area contributed by atoms with Crippen LogP contribution in [0.25, 0.3) is 0 Å². The SMILES string of the molecule is CCOCC(C)NCC1CCN(C)CC1.